The Balaban J connectivity index is 2.11. The lowest BCUT2D eigenvalue weighted by atomic mass is 10.0. The number of carboxylic acids is 1. The molecule has 2 saturated heterocycles. The van der Waals surface area contributed by atoms with Gasteiger partial charge in [0.15, 0.2) is 0 Å². The molecule has 2 rings (SSSR count). The molecule has 5 heteroatoms. The fourth-order valence-electron chi connectivity index (χ4n) is 3.14. The van der Waals surface area contributed by atoms with E-state index in [4.69, 9.17) is 0 Å². The molecule has 0 aromatic rings. The van der Waals surface area contributed by atoms with Crippen LogP contribution >= 0.6 is 0 Å². The summed E-state index contributed by atoms with van der Waals surface area (Å²) in [5.74, 6) is -0.861. The number of hydrogen-bond acceptors (Lipinski definition) is 2. The molecule has 2 aliphatic heterocycles. The number of carbonyl (C=O) groups excluding carboxylic acids is 1. The number of urea groups is 1. The van der Waals surface area contributed by atoms with Gasteiger partial charge in [-0.15, -0.1) is 0 Å². The van der Waals surface area contributed by atoms with Crippen molar-refractivity contribution >= 4 is 12.0 Å². The molecule has 2 fully saturated rings. The maximum atomic E-state index is 12.6. The molecule has 0 spiro atoms. The molecule has 2 amide bonds. The van der Waals surface area contributed by atoms with E-state index in [9.17, 15) is 14.7 Å². The average molecular weight is 268 g/mol. The summed E-state index contributed by atoms with van der Waals surface area (Å²) in [5, 5.41) is 9.33. The number of piperidine rings is 1. The Morgan fingerprint density at radius 2 is 1.58 bits per heavy atom. The fraction of sp³-hybridized carbons (Fsp3) is 0.857. The van der Waals surface area contributed by atoms with Gasteiger partial charge in [-0.05, 0) is 39.0 Å². The van der Waals surface area contributed by atoms with Gasteiger partial charge in [-0.25, -0.2) is 9.59 Å². The van der Waals surface area contributed by atoms with Gasteiger partial charge in [0.05, 0.1) is 0 Å². The zero-order valence-corrected chi connectivity index (χ0v) is 11.7. The van der Waals surface area contributed by atoms with E-state index >= 15 is 0 Å². The highest BCUT2D eigenvalue weighted by Crippen LogP contribution is 2.23. The van der Waals surface area contributed by atoms with Gasteiger partial charge in [-0.2, -0.15) is 0 Å². The number of hydrogen-bond donors (Lipinski definition) is 1. The van der Waals surface area contributed by atoms with Crippen molar-refractivity contribution in [3.05, 3.63) is 0 Å². The van der Waals surface area contributed by atoms with Crippen LogP contribution in [0, 0.1) is 0 Å². The van der Waals surface area contributed by atoms with E-state index in [-0.39, 0.29) is 12.1 Å². The Hall–Kier alpha value is -1.26. The third kappa shape index (κ3) is 3.19. The van der Waals surface area contributed by atoms with Crippen molar-refractivity contribution in [3.8, 4) is 0 Å². The zero-order chi connectivity index (χ0) is 13.8. The molecule has 0 aromatic carbocycles. The van der Waals surface area contributed by atoms with Crippen LogP contribution in [-0.4, -0.2) is 52.1 Å². The van der Waals surface area contributed by atoms with E-state index in [1.165, 1.54) is 0 Å². The molecule has 19 heavy (non-hydrogen) atoms. The first kappa shape index (κ1) is 14.2. The van der Waals surface area contributed by atoms with Crippen molar-refractivity contribution < 1.29 is 14.7 Å². The molecule has 2 atom stereocenters. The largest absolute Gasteiger partial charge is 0.480 e. The normalized spacial score (nSPS) is 28.9. The third-order valence-electron chi connectivity index (χ3n) is 4.33. The lowest BCUT2D eigenvalue weighted by Crippen LogP contribution is -2.54. The minimum Gasteiger partial charge on any atom is -0.480 e. The summed E-state index contributed by atoms with van der Waals surface area (Å²) < 4.78 is 0. The smallest absolute Gasteiger partial charge is 0.326 e. The van der Waals surface area contributed by atoms with E-state index in [0.29, 0.717) is 13.0 Å². The van der Waals surface area contributed by atoms with Crippen molar-refractivity contribution in [1.82, 2.24) is 9.80 Å². The van der Waals surface area contributed by atoms with Gasteiger partial charge in [-0.1, -0.05) is 12.8 Å². The Bertz CT molecular complexity index is 346. The van der Waals surface area contributed by atoms with Gasteiger partial charge >= 0.3 is 12.0 Å². The van der Waals surface area contributed by atoms with Crippen LogP contribution in [-0.2, 0) is 4.79 Å². The lowest BCUT2D eigenvalue weighted by Gasteiger charge is -2.38. The summed E-state index contributed by atoms with van der Waals surface area (Å²) >= 11 is 0. The molecule has 0 aromatic heterocycles. The second-order valence-corrected chi connectivity index (χ2v) is 5.72. The molecule has 5 nitrogen and oxygen atoms in total. The molecule has 2 aliphatic rings. The lowest BCUT2D eigenvalue weighted by molar-refractivity contribution is -0.142. The second-order valence-electron chi connectivity index (χ2n) is 5.72. The SMILES string of the molecule is CC1CCCCN1C(=O)N1CCCCCC1C(=O)O. The molecule has 2 unspecified atom stereocenters. The van der Waals surface area contributed by atoms with Crippen molar-refractivity contribution in [2.75, 3.05) is 13.1 Å². The highest BCUT2D eigenvalue weighted by atomic mass is 16.4. The first-order chi connectivity index (χ1) is 9.11. The van der Waals surface area contributed by atoms with E-state index in [2.05, 4.69) is 6.92 Å². The van der Waals surface area contributed by atoms with Crippen molar-refractivity contribution in [1.29, 1.82) is 0 Å². The highest BCUT2D eigenvalue weighted by Gasteiger charge is 2.35. The van der Waals surface area contributed by atoms with Crippen LogP contribution in [0.25, 0.3) is 0 Å². The first-order valence-corrected chi connectivity index (χ1v) is 7.41. The molecular weight excluding hydrogens is 244 g/mol. The van der Waals surface area contributed by atoms with Crippen LogP contribution in [0.1, 0.15) is 51.9 Å². The average Bonchev–Trinajstić information content (AvgIpc) is 2.64. The Morgan fingerprint density at radius 3 is 2.26 bits per heavy atom. The molecule has 0 bridgehead atoms. The van der Waals surface area contributed by atoms with E-state index in [0.717, 1.165) is 45.1 Å². The molecule has 2 heterocycles. The maximum Gasteiger partial charge on any atom is 0.326 e. The minimum atomic E-state index is -0.861. The van der Waals surface area contributed by atoms with Crippen LogP contribution in [0.15, 0.2) is 0 Å². The second kappa shape index (κ2) is 6.26. The maximum absolute atomic E-state index is 12.6. The molecule has 0 aliphatic carbocycles. The summed E-state index contributed by atoms with van der Waals surface area (Å²) in [7, 11) is 0. The topological polar surface area (TPSA) is 60.9 Å². The fourth-order valence-corrected chi connectivity index (χ4v) is 3.14. The van der Waals surface area contributed by atoms with Crippen molar-refractivity contribution in [2.24, 2.45) is 0 Å². The van der Waals surface area contributed by atoms with E-state index < -0.39 is 12.0 Å². The molecule has 0 radical (unpaired) electrons. The van der Waals surface area contributed by atoms with E-state index in [1.807, 2.05) is 4.90 Å². The van der Waals surface area contributed by atoms with Crippen molar-refractivity contribution in [3.63, 3.8) is 0 Å². The van der Waals surface area contributed by atoms with Gasteiger partial charge in [0.25, 0.3) is 0 Å². The minimum absolute atomic E-state index is 0.0681. The van der Waals surface area contributed by atoms with E-state index in [1.54, 1.807) is 4.90 Å². The number of likely N-dealkylation sites (tertiary alicyclic amines) is 2. The van der Waals surface area contributed by atoms with Crippen LogP contribution in [0.4, 0.5) is 4.79 Å². The monoisotopic (exact) mass is 268 g/mol. The summed E-state index contributed by atoms with van der Waals surface area (Å²) in [6.07, 6.45) is 6.63. The summed E-state index contributed by atoms with van der Waals surface area (Å²) in [6.45, 7) is 3.41. The van der Waals surface area contributed by atoms with Crippen LogP contribution < -0.4 is 0 Å². The van der Waals surface area contributed by atoms with Crippen LogP contribution in [0.5, 0.6) is 0 Å². The molecule has 1 N–H and O–H groups in total. The zero-order valence-electron chi connectivity index (χ0n) is 11.7. The van der Waals surface area contributed by atoms with Crippen molar-refractivity contribution in [2.45, 2.75) is 64.0 Å². The van der Waals surface area contributed by atoms with Crippen LogP contribution in [0.2, 0.25) is 0 Å². The molecular formula is C14H24N2O3. The third-order valence-corrected chi connectivity index (χ3v) is 4.33. The highest BCUT2D eigenvalue weighted by molar-refractivity contribution is 5.83. The van der Waals surface area contributed by atoms with Gasteiger partial charge in [0, 0.05) is 19.1 Å². The molecule has 108 valence electrons. The first-order valence-electron chi connectivity index (χ1n) is 7.41. The summed E-state index contributed by atoms with van der Waals surface area (Å²) in [6, 6.07) is -0.468. The predicted molar refractivity (Wildman–Crippen MR) is 72.0 cm³/mol. The number of nitrogens with zero attached hydrogens (tertiary/aromatic N) is 2. The number of aliphatic carboxylic acids is 1. The predicted octanol–water partition coefficient (Wildman–Crippen LogP) is 2.31. The van der Waals surface area contributed by atoms with Gasteiger partial charge < -0.3 is 14.9 Å². The molecule has 0 saturated carbocycles. The number of rotatable bonds is 1. The Kier molecular flexibility index (Phi) is 4.66. The standard InChI is InChI=1S/C14H24N2O3/c1-11-7-4-6-9-15(11)14(19)16-10-5-2-3-8-12(16)13(17)18/h11-12H,2-10H2,1H3,(H,17,18). The van der Waals surface area contributed by atoms with Gasteiger partial charge in [0.1, 0.15) is 6.04 Å². The quantitative estimate of drug-likeness (QED) is 0.794. The van der Waals surface area contributed by atoms with Crippen LogP contribution in [0.3, 0.4) is 0 Å². The van der Waals surface area contributed by atoms with Gasteiger partial charge in [0.2, 0.25) is 0 Å². The number of amides is 2. The van der Waals surface area contributed by atoms with Gasteiger partial charge in [-0.3, -0.25) is 0 Å². The summed E-state index contributed by atoms with van der Waals surface area (Å²) in [4.78, 5) is 27.5. The Morgan fingerprint density at radius 1 is 0.947 bits per heavy atom. The Labute approximate surface area is 114 Å². The summed E-state index contributed by atoms with van der Waals surface area (Å²) in [5.41, 5.74) is 0. The number of carbonyl (C=O) groups is 2. The number of carboxylic acid groups (broad SMARTS) is 1.